The highest BCUT2D eigenvalue weighted by molar-refractivity contribution is 6.03. The Morgan fingerprint density at radius 2 is 1.70 bits per heavy atom. The van der Waals surface area contributed by atoms with Crippen LogP contribution in [0.3, 0.4) is 0 Å². The molecule has 8 rings (SSSR count). The first-order chi connectivity index (χ1) is 32.9. The molecular formula is C56H68N2O9. The first-order valence-corrected chi connectivity index (χ1v) is 24.6. The zero-order chi connectivity index (χ0) is 46.8. The van der Waals surface area contributed by atoms with Crippen LogP contribution in [0.4, 0.5) is 0 Å². The third-order valence-corrected chi connectivity index (χ3v) is 14.7. The summed E-state index contributed by atoms with van der Waals surface area (Å²) < 4.78 is 26.8. The van der Waals surface area contributed by atoms with Gasteiger partial charge in [-0.15, -0.1) is 6.58 Å². The number of rotatable bonds is 23. The average Bonchev–Trinajstić information content (AvgIpc) is 3.89. The van der Waals surface area contributed by atoms with E-state index in [-0.39, 0.29) is 43.5 Å². The number of hydrogen-bond acceptors (Lipinski definition) is 10. The van der Waals surface area contributed by atoms with Crippen molar-refractivity contribution in [1.29, 1.82) is 0 Å². The number of amides is 1. The van der Waals surface area contributed by atoms with Crippen LogP contribution in [0.25, 0.3) is 10.8 Å². The number of methoxy groups -OCH3 is 1. The van der Waals surface area contributed by atoms with Crippen molar-refractivity contribution >= 4 is 28.7 Å². The van der Waals surface area contributed by atoms with Crippen LogP contribution in [0.2, 0.25) is 0 Å². The fourth-order valence-corrected chi connectivity index (χ4v) is 11.6. The molecule has 2 saturated carbocycles. The zero-order valence-corrected chi connectivity index (χ0v) is 39.3. The minimum absolute atomic E-state index is 0.0444. The molecule has 0 radical (unpaired) electrons. The molecular weight excluding hydrogens is 845 g/mol. The number of carbonyl (C=O) groups is 2. The molecule has 4 aliphatic rings. The standard InChI is InChI=1S/C56H68N2O9/c1-4-31-64-56-52(58(53(62)28-23-38-15-6-7-16-38)36-41-20-14-19-39-17-8-9-21-45(39)41)35-49(57-65-5-2)47-33-40(18-10-12-29-59)46(22-11-13-30-60)54(55(47)56)48-34-44(25-27-51(48)67-56)66-43-24-26-50(63-3)42(32-43)37-61/h4,8-9,14,17,19-21,24-27,32-34,37-38,40,46,52,54-55,59-60H,1,5-7,10-13,15-16,18,22-23,28-31,35-36H2,2-3H3. The Morgan fingerprint density at radius 1 is 0.940 bits per heavy atom. The lowest BCUT2D eigenvalue weighted by molar-refractivity contribution is -0.258. The Labute approximate surface area is 395 Å². The van der Waals surface area contributed by atoms with E-state index in [9.17, 15) is 15.0 Å². The van der Waals surface area contributed by atoms with Crippen molar-refractivity contribution in [2.45, 2.75) is 115 Å². The largest absolute Gasteiger partial charge is 0.496 e. The molecule has 0 spiro atoms. The van der Waals surface area contributed by atoms with Crippen molar-refractivity contribution in [3.8, 4) is 23.0 Å². The van der Waals surface area contributed by atoms with Gasteiger partial charge in [-0.3, -0.25) is 9.59 Å². The summed E-state index contributed by atoms with van der Waals surface area (Å²) in [6.07, 6.45) is 15.7. The van der Waals surface area contributed by atoms with Crippen LogP contribution in [0.15, 0.2) is 108 Å². The van der Waals surface area contributed by atoms with Crippen LogP contribution >= 0.6 is 0 Å². The first-order valence-electron chi connectivity index (χ1n) is 24.6. The maximum atomic E-state index is 15.4. The second kappa shape index (κ2) is 22.5. The number of aliphatic hydroxyl groups excluding tert-OH is 2. The van der Waals surface area contributed by atoms with E-state index in [1.54, 1.807) is 24.3 Å². The van der Waals surface area contributed by atoms with Gasteiger partial charge in [-0.25, -0.2) is 0 Å². The molecule has 356 valence electrons. The summed E-state index contributed by atoms with van der Waals surface area (Å²) in [5.41, 5.74) is 4.11. The predicted octanol–water partition coefficient (Wildman–Crippen LogP) is 11.1. The number of unbranched alkanes of at least 4 members (excludes halogenated alkanes) is 2. The Morgan fingerprint density at radius 3 is 2.46 bits per heavy atom. The Bertz CT molecular complexity index is 2400. The second-order valence-electron chi connectivity index (χ2n) is 18.7. The molecule has 1 aliphatic heterocycles. The molecule has 6 unspecified atom stereocenters. The highest BCUT2D eigenvalue weighted by atomic mass is 16.7. The smallest absolute Gasteiger partial charge is 0.239 e. The zero-order valence-electron chi connectivity index (χ0n) is 39.3. The van der Waals surface area contributed by atoms with E-state index in [0.717, 1.165) is 84.4 Å². The summed E-state index contributed by atoms with van der Waals surface area (Å²) in [6, 6.07) is 25.0. The molecule has 3 aliphatic carbocycles. The van der Waals surface area contributed by atoms with Gasteiger partial charge in [0.2, 0.25) is 11.7 Å². The van der Waals surface area contributed by atoms with Crippen molar-refractivity contribution in [2.75, 3.05) is 33.5 Å². The molecule has 67 heavy (non-hydrogen) atoms. The summed E-state index contributed by atoms with van der Waals surface area (Å²) in [5, 5.41) is 27.2. The molecule has 2 fully saturated rings. The molecule has 4 aromatic carbocycles. The average molecular weight is 913 g/mol. The predicted molar refractivity (Wildman–Crippen MR) is 261 cm³/mol. The van der Waals surface area contributed by atoms with E-state index in [1.807, 2.05) is 36.1 Å². The number of carbonyl (C=O) groups excluding carboxylic acids is 2. The minimum Gasteiger partial charge on any atom is -0.496 e. The third-order valence-electron chi connectivity index (χ3n) is 14.7. The number of fused-ring (bicyclic) bond motifs is 3. The summed E-state index contributed by atoms with van der Waals surface area (Å²) in [5.74, 6) is 0.778. The summed E-state index contributed by atoms with van der Waals surface area (Å²) >= 11 is 0. The number of allylic oxidation sites excluding steroid dienone is 1. The summed E-state index contributed by atoms with van der Waals surface area (Å²) in [6.45, 7) is 7.12. The summed E-state index contributed by atoms with van der Waals surface area (Å²) in [4.78, 5) is 35.5. The molecule has 4 aromatic rings. The molecule has 11 nitrogen and oxygen atoms in total. The number of aliphatic hydroxyl groups is 2. The molecule has 1 amide bonds. The lowest BCUT2D eigenvalue weighted by Gasteiger charge is -2.60. The number of ether oxygens (including phenoxy) is 4. The summed E-state index contributed by atoms with van der Waals surface area (Å²) in [7, 11) is 1.53. The molecule has 1 heterocycles. The minimum atomic E-state index is -1.39. The normalized spacial score (nSPS) is 23.7. The van der Waals surface area contributed by atoms with Crippen molar-refractivity contribution in [3.05, 3.63) is 120 Å². The first kappa shape index (κ1) is 48.0. The van der Waals surface area contributed by atoms with Crippen molar-refractivity contribution in [3.63, 3.8) is 0 Å². The Hall–Kier alpha value is -5.49. The molecule has 11 heteroatoms. The number of aldehydes is 1. The topological polar surface area (TPSA) is 136 Å². The van der Waals surface area contributed by atoms with Gasteiger partial charge in [-0.1, -0.05) is 98.3 Å². The van der Waals surface area contributed by atoms with Crippen LogP contribution < -0.4 is 14.2 Å². The van der Waals surface area contributed by atoms with Gasteiger partial charge < -0.3 is 38.9 Å². The van der Waals surface area contributed by atoms with Gasteiger partial charge in [-0.2, -0.15) is 0 Å². The fraction of sp³-hybridized carbons (Fsp3) is 0.482. The maximum absolute atomic E-state index is 15.4. The number of benzene rings is 4. The van der Waals surface area contributed by atoms with E-state index >= 15 is 4.79 Å². The van der Waals surface area contributed by atoms with Gasteiger partial charge >= 0.3 is 0 Å². The van der Waals surface area contributed by atoms with Gasteiger partial charge in [0.1, 0.15) is 35.6 Å². The molecule has 0 bridgehead atoms. The Kier molecular flexibility index (Phi) is 16.1. The molecule has 0 aromatic heterocycles. The lowest BCUT2D eigenvalue weighted by atomic mass is 9.55. The van der Waals surface area contributed by atoms with Crippen LogP contribution in [-0.4, -0.2) is 78.4 Å². The Balaban J connectivity index is 1.33. The van der Waals surface area contributed by atoms with E-state index < -0.39 is 17.7 Å². The second-order valence-corrected chi connectivity index (χ2v) is 18.7. The van der Waals surface area contributed by atoms with E-state index in [2.05, 4.69) is 49.1 Å². The van der Waals surface area contributed by atoms with Gasteiger partial charge in [0, 0.05) is 44.1 Å². The molecule has 2 N–H and O–H groups in total. The van der Waals surface area contributed by atoms with Crippen LogP contribution in [-0.2, 0) is 20.9 Å². The van der Waals surface area contributed by atoms with Gasteiger partial charge in [0.25, 0.3) is 0 Å². The highest BCUT2D eigenvalue weighted by Gasteiger charge is 2.65. The van der Waals surface area contributed by atoms with E-state index in [4.69, 9.17) is 28.9 Å². The maximum Gasteiger partial charge on any atom is 0.239 e. The van der Waals surface area contributed by atoms with Gasteiger partial charge in [0.05, 0.1) is 30.9 Å². The van der Waals surface area contributed by atoms with Gasteiger partial charge in [0.15, 0.2) is 6.29 Å². The fourth-order valence-electron chi connectivity index (χ4n) is 11.6. The lowest BCUT2D eigenvalue weighted by Crippen LogP contribution is -2.70. The van der Waals surface area contributed by atoms with Gasteiger partial charge in [-0.05, 0) is 115 Å². The third kappa shape index (κ3) is 10.3. The molecule has 0 saturated heterocycles. The van der Waals surface area contributed by atoms with Crippen LogP contribution in [0.5, 0.6) is 23.0 Å². The van der Waals surface area contributed by atoms with E-state index in [0.29, 0.717) is 73.3 Å². The number of hydrogen-bond donors (Lipinski definition) is 2. The van der Waals surface area contributed by atoms with E-state index in [1.165, 1.54) is 20.0 Å². The SMILES string of the molecule is C=CCOC12Oc3ccc(Oc4ccc(OC)c(C=O)c4)cc3C3C(CCCCO)C(CCCCO)C=C(C(=NOCC)CC1N(Cc1cccc4ccccc14)C(=O)CCC1CCCC1)C32. The highest BCUT2D eigenvalue weighted by Crippen LogP contribution is 2.62. The van der Waals surface area contributed by atoms with Crippen LogP contribution in [0, 0.1) is 23.7 Å². The quantitative estimate of drug-likeness (QED) is 0.0322. The monoisotopic (exact) mass is 912 g/mol. The van der Waals surface area contributed by atoms with Crippen molar-refractivity contribution in [1.82, 2.24) is 4.90 Å². The molecule has 6 atom stereocenters. The van der Waals surface area contributed by atoms with Crippen LogP contribution in [0.1, 0.15) is 118 Å². The van der Waals surface area contributed by atoms with Crippen molar-refractivity contribution < 1.29 is 43.6 Å². The number of nitrogens with zero attached hydrogens (tertiary/aromatic N) is 2. The van der Waals surface area contributed by atoms with Crippen molar-refractivity contribution in [2.24, 2.45) is 28.8 Å². The number of oxime groups is 1.